The summed E-state index contributed by atoms with van der Waals surface area (Å²) in [4.78, 5) is 10.8. The van der Waals surface area contributed by atoms with Gasteiger partial charge in [-0.05, 0) is 12.8 Å². The number of unbranched alkanes of at least 4 members (excludes halogenated alkanes) is 13. The molecule has 0 atom stereocenters. The molecule has 0 radical (unpaired) electrons. The van der Waals surface area contributed by atoms with E-state index in [0.717, 1.165) is 13.0 Å². The molecule has 0 aliphatic rings. The van der Waals surface area contributed by atoms with Crippen molar-refractivity contribution in [3.63, 3.8) is 0 Å². The van der Waals surface area contributed by atoms with Gasteiger partial charge in [0.15, 0.2) is 0 Å². The van der Waals surface area contributed by atoms with Crippen LogP contribution in [-0.2, 0) is 4.79 Å². The van der Waals surface area contributed by atoms with Gasteiger partial charge in [-0.25, -0.2) is 4.79 Å². The lowest BCUT2D eigenvalue weighted by molar-refractivity contribution is -0.804. The minimum absolute atomic E-state index is 0. The van der Waals surface area contributed by atoms with Crippen LogP contribution in [0.2, 0.25) is 0 Å². The summed E-state index contributed by atoms with van der Waals surface area (Å²) in [5, 5.41) is 0. The molecule has 0 heterocycles. The van der Waals surface area contributed by atoms with Crippen LogP contribution >= 0.6 is 0 Å². The van der Waals surface area contributed by atoms with Crippen LogP contribution in [0.5, 0.6) is 0 Å². The Morgan fingerprint density at radius 3 is 1.27 bits per heavy atom. The molecule has 134 valence electrons. The molecule has 0 spiro atoms. The highest BCUT2D eigenvalue weighted by Crippen LogP contribution is 2.13. The number of hydrogen-bond acceptors (Lipinski definition) is 1. The van der Waals surface area contributed by atoms with Gasteiger partial charge in [-0.15, -0.1) is 0 Å². The van der Waals surface area contributed by atoms with Crippen LogP contribution in [0.4, 0.5) is 0 Å². The topological polar surface area (TPSA) is 17.1 Å². The van der Waals surface area contributed by atoms with Gasteiger partial charge in [0.2, 0.25) is 0 Å². The van der Waals surface area contributed by atoms with Crippen LogP contribution in [0.3, 0.4) is 0 Å². The summed E-state index contributed by atoms with van der Waals surface area (Å²) in [6.07, 6.45) is 20.5. The summed E-state index contributed by atoms with van der Waals surface area (Å²) in [5.41, 5.74) is 0. The zero-order chi connectivity index (χ0) is 15.8. The lowest BCUT2D eigenvalue weighted by Crippen LogP contribution is -3.00. The average Bonchev–Trinajstić information content (AvgIpc) is 2.47. The molecule has 0 aliphatic carbocycles. The van der Waals surface area contributed by atoms with Crippen molar-refractivity contribution in [2.45, 2.75) is 96.8 Å². The maximum absolute atomic E-state index is 10.8. The van der Waals surface area contributed by atoms with E-state index >= 15 is 0 Å². The largest absolute Gasteiger partial charge is 1.00 e. The molecule has 0 rings (SSSR count). The molecule has 0 saturated heterocycles. The van der Waals surface area contributed by atoms with Gasteiger partial charge in [0.1, 0.15) is 0 Å². The number of carbonyl (C=O) groups excluding carboxylic acids is 1. The number of hydrogen-bond donors (Lipinski definition) is 0. The number of nitrogens with zero attached hydrogens (tertiary/aromatic N) is 1. The van der Waals surface area contributed by atoms with E-state index in [9.17, 15) is 4.79 Å². The summed E-state index contributed by atoms with van der Waals surface area (Å²) in [5.74, 6) is 0. The molecule has 0 saturated carbocycles. The van der Waals surface area contributed by atoms with Crippen molar-refractivity contribution in [2.24, 2.45) is 0 Å². The number of rotatable bonds is 16. The second-order valence-corrected chi connectivity index (χ2v) is 7.20. The highest BCUT2D eigenvalue weighted by molar-refractivity contribution is 5.36. The number of carbonyl (C=O) groups is 1. The molecule has 0 aliphatic heterocycles. The maximum atomic E-state index is 10.8. The third kappa shape index (κ3) is 18.2. The Kier molecular flexibility index (Phi) is 19.3. The van der Waals surface area contributed by atoms with Gasteiger partial charge in [-0.1, -0.05) is 84.0 Å². The Morgan fingerprint density at radius 1 is 0.636 bits per heavy atom. The quantitative estimate of drug-likeness (QED) is 0.229. The number of amides is 1. The van der Waals surface area contributed by atoms with Crippen LogP contribution in [0, 0.1) is 0 Å². The molecule has 0 fully saturated rings. The molecule has 1 amide bonds. The molecule has 0 unspecified atom stereocenters. The van der Waals surface area contributed by atoms with Gasteiger partial charge < -0.3 is 17.0 Å². The van der Waals surface area contributed by atoms with Gasteiger partial charge in [-0.3, -0.25) is 4.48 Å². The Bertz CT molecular complexity index is 231. The van der Waals surface area contributed by atoms with Gasteiger partial charge in [0.05, 0.1) is 20.6 Å². The van der Waals surface area contributed by atoms with Crippen molar-refractivity contribution in [3.8, 4) is 0 Å². The summed E-state index contributed by atoms with van der Waals surface area (Å²) in [6.45, 7) is 3.27. The molecular formula is C19H40BrNO. The van der Waals surface area contributed by atoms with Gasteiger partial charge in [0, 0.05) is 0 Å². The minimum atomic E-state index is 0. The van der Waals surface area contributed by atoms with Crippen LogP contribution in [0.1, 0.15) is 96.8 Å². The monoisotopic (exact) mass is 377 g/mol. The van der Waals surface area contributed by atoms with Crippen molar-refractivity contribution >= 4 is 6.41 Å². The Balaban J connectivity index is 0. The van der Waals surface area contributed by atoms with E-state index in [1.54, 1.807) is 0 Å². The van der Waals surface area contributed by atoms with Gasteiger partial charge in [-0.2, -0.15) is 0 Å². The second kappa shape index (κ2) is 17.5. The summed E-state index contributed by atoms with van der Waals surface area (Å²) < 4.78 is 0.512. The number of quaternary nitrogens is 1. The van der Waals surface area contributed by atoms with E-state index in [-0.39, 0.29) is 17.0 Å². The highest BCUT2D eigenvalue weighted by atomic mass is 79.9. The average molecular weight is 378 g/mol. The van der Waals surface area contributed by atoms with Crippen molar-refractivity contribution in [3.05, 3.63) is 0 Å². The summed E-state index contributed by atoms with van der Waals surface area (Å²) in [7, 11) is 3.96. The predicted molar refractivity (Wildman–Crippen MR) is 93.4 cm³/mol. The van der Waals surface area contributed by atoms with Crippen LogP contribution in [0.15, 0.2) is 0 Å². The Hall–Kier alpha value is 0.110. The fraction of sp³-hybridized carbons (Fsp3) is 0.947. The van der Waals surface area contributed by atoms with Crippen molar-refractivity contribution in [1.29, 1.82) is 0 Å². The molecule has 2 nitrogen and oxygen atoms in total. The predicted octanol–water partition coefficient (Wildman–Crippen LogP) is 2.70. The molecule has 0 aromatic rings. The van der Waals surface area contributed by atoms with E-state index in [1.807, 2.05) is 14.1 Å². The van der Waals surface area contributed by atoms with Gasteiger partial charge in [0.25, 0.3) is 0 Å². The Labute approximate surface area is 150 Å². The Morgan fingerprint density at radius 2 is 0.955 bits per heavy atom. The summed E-state index contributed by atoms with van der Waals surface area (Å²) in [6, 6.07) is 0. The molecule has 3 heteroatoms. The first kappa shape index (κ1) is 24.4. The molecule has 0 aromatic carbocycles. The summed E-state index contributed by atoms with van der Waals surface area (Å²) >= 11 is 0. The van der Waals surface area contributed by atoms with E-state index in [2.05, 4.69) is 6.92 Å². The van der Waals surface area contributed by atoms with E-state index in [1.165, 1.54) is 89.9 Å². The highest BCUT2D eigenvalue weighted by Gasteiger charge is 2.11. The lowest BCUT2D eigenvalue weighted by Gasteiger charge is -2.20. The fourth-order valence-electron chi connectivity index (χ4n) is 2.77. The third-order valence-electron chi connectivity index (χ3n) is 4.37. The fourth-order valence-corrected chi connectivity index (χ4v) is 2.77. The first-order valence-corrected chi connectivity index (χ1v) is 9.41. The zero-order valence-electron chi connectivity index (χ0n) is 15.4. The van der Waals surface area contributed by atoms with Crippen molar-refractivity contribution in [1.82, 2.24) is 0 Å². The first-order valence-electron chi connectivity index (χ1n) is 9.41. The van der Waals surface area contributed by atoms with Gasteiger partial charge >= 0.3 is 6.41 Å². The second-order valence-electron chi connectivity index (χ2n) is 7.20. The maximum Gasteiger partial charge on any atom is 0.301 e. The van der Waals surface area contributed by atoms with E-state index in [0.29, 0.717) is 4.48 Å². The van der Waals surface area contributed by atoms with E-state index < -0.39 is 0 Å². The van der Waals surface area contributed by atoms with Crippen molar-refractivity contribution in [2.75, 3.05) is 20.6 Å². The third-order valence-corrected chi connectivity index (χ3v) is 4.37. The normalized spacial score (nSPS) is 11.2. The first-order chi connectivity index (χ1) is 10.1. The van der Waals surface area contributed by atoms with Crippen molar-refractivity contribution < 1.29 is 26.3 Å². The molecule has 0 aromatic heterocycles. The zero-order valence-corrected chi connectivity index (χ0v) is 17.0. The molecular weight excluding hydrogens is 338 g/mol. The SMILES string of the molecule is CCCCCCCCCCCCCCCC[N+](C)(C)C=O.[Br-]. The smallest absolute Gasteiger partial charge is 0.301 e. The van der Waals surface area contributed by atoms with Crippen LogP contribution in [0.25, 0.3) is 0 Å². The molecule has 22 heavy (non-hydrogen) atoms. The standard InChI is InChI=1S/C19H40NO.BrH/c1-4-5-6-7-8-9-10-11-12-13-14-15-16-17-18-20(2,3)19-21;/h19H,4-18H2,1-3H3;1H/q+1;/p-1. The molecule has 0 N–H and O–H groups in total. The minimum Gasteiger partial charge on any atom is -1.00 e. The lowest BCUT2D eigenvalue weighted by atomic mass is 10.0. The van der Waals surface area contributed by atoms with E-state index in [4.69, 9.17) is 0 Å². The van der Waals surface area contributed by atoms with Crippen LogP contribution < -0.4 is 17.0 Å². The molecule has 0 bridgehead atoms. The number of halogens is 1. The van der Waals surface area contributed by atoms with Crippen LogP contribution in [-0.4, -0.2) is 31.5 Å².